The molecule has 1 saturated heterocycles. The van der Waals surface area contributed by atoms with Gasteiger partial charge in [0.2, 0.25) is 0 Å². The molecule has 1 fully saturated rings. The summed E-state index contributed by atoms with van der Waals surface area (Å²) in [6.07, 6.45) is 4.73. The van der Waals surface area contributed by atoms with Gasteiger partial charge in [-0.3, -0.25) is 18.7 Å². The number of hydrogen-bond acceptors (Lipinski definition) is 6. The number of sulfonamides is 1. The fourth-order valence-corrected chi connectivity index (χ4v) is 6.63. The summed E-state index contributed by atoms with van der Waals surface area (Å²) < 4.78 is 35.3. The lowest BCUT2D eigenvalue weighted by atomic mass is 10.1. The summed E-state index contributed by atoms with van der Waals surface area (Å²) in [5.41, 5.74) is 0.900. The van der Waals surface area contributed by atoms with Crippen molar-refractivity contribution in [2.45, 2.75) is 37.5 Å². The Bertz CT molecular complexity index is 1510. The lowest BCUT2D eigenvalue weighted by Gasteiger charge is -2.24. The molecule has 208 valence electrons. The molecule has 2 aromatic carbocycles. The van der Waals surface area contributed by atoms with Crippen LogP contribution in [0.2, 0.25) is 10.0 Å². The SMILES string of the molecule is CCCCOC(=O)CN(c1ccc2c(C(=O)C(=O)N3CCCC3)cn(C)c2c1)S(=O)(=O)c1cc(Cl)cc(Cl)c1. The van der Waals surface area contributed by atoms with E-state index in [1.807, 2.05) is 6.92 Å². The molecule has 9 nitrogen and oxygen atoms in total. The highest BCUT2D eigenvalue weighted by molar-refractivity contribution is 7.92. The van der Waals surface area contributed by atoms with Crippen LogP contribution in [0.3, 0.4) is 0 Å². The van der Waals surface area contributed by atoms with Crippen LogP contribution in [0.5, 0.6) is 0 Å². The number of Topliss-reactive ketones (excluding diaryl/α,β-unsaturated/α-hetero) is 1. The van der Waals surface area contributed by atoms with Crippen LogP contribution >= 0.6 is 23.2 Å². The van der Waals surface area contributed by atoms with E-state index in [1.54, 1.807) is 34.8 Å². The first-order chi connectivity index (χ1) is 18.5. The van der Waals surface area contributed by atoms with E-state index in [-0.39, 0.29) is 32.8 Å². The Kier molecular flexibility index (Phi) is 8.88. The molecule has 4 rings (SSSR count). The van der Waals surface area contributed by atoms with Crippen LogP contribution in [0.1, 0.15) is 43.0 Å². The third-order valence-electron chi connectivity index (χ3n) is 6.55. The van der Waals surface area contributed by atoms with Crippen molar-refractivity contribution in [3.8, 4) is 0 Å². The van der Waals surface area contributed by atoms with Crippen molar-refractivity contribution in [2.75, 3.05) is 30.5 Å². The van der Waals surface area contributed by atoms with Gasteiger partial charge in [0.15, 0.2) is 0 Å². The summed E-state index contributed by atoms with van der Waals surface area (Å²) >= 11 is 12.2. The molecule has 0 spiro atoms. The maximum Gasteiger partial charge on any atom is 0.326 e. The Morgan fingerprint density at radius 1 is 1.03 bits per heavy atom. The molecule has 0 aliphatic carbocycles. The molecule has 0 N–H and O–H groups in total. The van der Waals surface area contributed by atoms with Crippen molar-refractivity contribution in [2.24, 2.45) is 7.05 Å². The number of benzene rings is 2. The molecular formula is C27H29Cl2N3O6S. The standard InChI is InChI=1S/C27H29Cl2N3O6S/c1-3-4-11-38-25(33)17-32(39(36,37)21-13-18(28)12-19(29)14-21)20-7-8-22-23(16-30(2)24(22)15-20)26(34)27(35)31-9-5-6-10-31/h7-8,12-16H,3-6,9-11,17H2,1-2H3. The zero-order valence-corrected chi connectivity index (χ0v) is 24.0. The normalized spacial score (nSPS) is 13.6. The maximum atomic E-state index is 13.8. The summed E-state index contributed by atoms with van der Waals surface area (Å²) in [4.78, 5) is 39.8. The lowest BCUT2D eigenvalue weighted by molar-refractivity contribution is -0.141. The van der Waals surface area contributed by atoms with Gasteiger partial charge in [-0.25, -0.2) is 8.42 Å². The molecule has 0 radical (unpaired) electrons. The minimum absolute atomic E-state index is 0.121. The number of ketones is 1. The van der Waals surface area contributed by atoms with Crippen molar-refractivity contribution >= 4 is 67.5 Å². The Labute approximate surface area is 237 Å². The van der Waals surface area contributed by atoms with Crippen molar-refractivity contribution in [3.05, 3.63) is 58.2 Å². The summed E-state index contributed by atoms with van der Waals surface area (Å²) in [5, 5.41) is 0.734. The van der Waals surface area contributed by atoms with Gasteiger partial charge >= 0.3 is 5.97 Å². The summed E-state index contributed by atoms with van der Waals surface area (Å²) in [5.74, 6) is -1.90. The number of amides is 1. The minimum atomic E-state index is -4.31. The first-order valence-electron chi connectivity index (χ1n) is 12.6. The van der Waals surface area contributed by atoms with Gasteiger partial charge in [0.25, 0.3) is 21.7 Å². The molecule has 0 bridgehead atoms. The van der Waals surface area contributed by atoms with Crippen LogP contribution < -0.4 is 4.31 Å². The monoisotopic (exact) mass is 593 g/mol. The van der Waals surface area contributed by atoms with Crippen molar-refractivity contribution < 1.29 is 27.5 Å². The van der Waals surface area contributed by atoms with Gasteiger partial charge in [0.05, 0.1) is 28.3 Å². The number of carbonyl (C=O) groups excluding carboxylic acids is 3. The molecule has 1 aliphatic rings. The predicted octanol–water partition coefficient (Wildman–Crippen LogP) is 4.83. The number of nitrogens with zero attached hydrogens (tertiary/aromatic N) is 3. The second-order valence-corrected chi connectivity index (χ2v) is 12.1. The zero-order chi connectivity index (χ0) is 28.3. The maximum absolute atomic E-state index is 13.8. The van der Waals surface area contributed by atoms with Gasteiger partial charge in [0.1, 0.15) is 6.54 Å². The van der Waals surface area contributed by atoms with E-state index in [1.165, 1.54) is 24.3 Å². The van der Waals surface area contributed by atoms with Crippen molar-refractivity contribution in [1.82, 2.24) is 9.47 Å². The molecule has 2 heterocycles. The summed E-state index contributed by atoms with van der Waals surface area (Å²) in [7, 11) is -2.62. The van der Waals surface area contributed by atoms with E-state index in [0.717, 1.165) is 23.6 Å². The zero-order valence-electron chi connectivity index (χ0n) is 21.7. The van der Waals surface area contributed by atoms with Gasteiger partial charge in [-0.1, -0.05) is 36.5 Å². The van der Waals surface area contributed by atoms with E-state index in [2.05, 4.69) is 0 Å². The first kappa shape index (κ1) is 28.9. The molecule has 1 aromatic heterocycles. The second-order valence-electron chi connectivity index (χ2n) is 9.37. The van der Waals surface area contributed by atoms with Crippen LogP contribution in [-0.4, -0.2) is 61.8 Å². The number of unbranched alkanes of at least 4 members (excludes halogenated alkanes) is 1. The number of likely N-dealkylation sites (tertiary alicyclic amines) is 1. The largest absolute Gasteiger partial charge is 0.464 e. The Balaban J connectivity index is 1.75. The van der Waals surface area contributed by atoms with E-state index in [4.69, 9.17) is 27.9 Å². The molecule has 3 aromatic rings. The number of anilines is 1. The van der Waals surface area contributed by atoms with E-state index >= 15 is 0 Å². The highest BCUT2D eigenvalue weighted by Gasteiger charge is 2.31. The minimum Gasteiger partial charge on any atom is -0.464 e. The lowest BCUT2D eigenvalue weighted by Crippen LogP contribution is -2.36. The van der Waals surface area contributed by atoms with Gasteiger partial charge in [0, 0.05) is 41.8 Å². The van der Waals surface area contributed by atoms with Crippen LogP contribution in [0.15, 0.2) is 47.5 Å². The summed E-state index contributed by atoms with van der Waals surface area (Å²) in [6, 6.07) is 8.52. The van der Waals surface area contributed by atoms with Crippen LogP contribution in [0, 0.1) is 0 Å². The van der Waals surface area contributed by atoms with E-state index < -0.39 is 34.2 Å². The molecule has 0 atom stereocenters. The molecule has 12 heteroatoms. The number of halogens is 2. The molecule has 1 amide bonds. The van der Waals surface area contributed by atoms with Crippen LogP contribution in [0.4, 0.5) is 5.69 Å². The third kappa shape index (κ3) is 6.23. The Morgan fingerprint density at radius 3 is 2.33 bits per heavy atom. The molecular weight excluding hydrogens is 565 g/mol. The first-order valence-corrected chi connectivity index (χ1v) is 14.8. The number of aromatic nitrogens is 1. The smallest absolute Gasteiger partial charge is 0.326 e. The van der Waals surface area contributed by atoms with Crippen molar-refractivity contribution in [1.29, 1.82) is 0 Å². The molecule has 0 saturated carbocycles. The highest BCUT2D eigenvalue weighted by Crippen LogP contribution is 2.32. The summed E-state index contributed by atoms with van der Waals surface area (Å²) in [6.45, 7) is 2.62. The van der Waals surface area contributed by atoms with E-state index in [0.29, 0.717) is 30.4 Å². The van der Waals surface area contributed by atoms with Crippen LogP contribution in [0.25, 0.3) is 10.9 Å². The highest BCUT2D eigenvalue weighted by atomic mass is 35.5. The predicted molar refractivity (Wildman–Crippen MR) is 150 cm³/mol. The third-order valence-corrected chi connectivity index (χ3v) is 8.74. The fourth-order valence-electron chi connectivity index (χ4n) is 4.50. The number of fused-ring (bicyclic) bond motifs is 1. The van der Waals surface area contributed by atoms with Crippen molar-refractivity contribution in [3.63, 3.8) is 0 Å². The molecule has 39 heavy (non-hydrogen) atoms. The van der Waals surface area contributed by atoms with Gasteiger partial charge in [-0.15, -0.1) is 0 Å². The average molecular weight is 595 g/mol. The topological polar surface area (TPSA) is 106 Å². The van der Waals surface area contributed by atoms with Gasteiger partial charge < -0.3 is 14.2 Å². The second kappa shape index (κ2) is 12.0. The number of esters is 1. The fraction of sp³-hybridized carbons (Fsp3) is 0.370. The van der Waals surface area contributed by atoms with Gasteiger partial charge in [-0.2, -0.15) is 0 Å². The van der Waals surface area contributed by atoms with E-state index in [9.17, 15) is 22.8 Å². The Morgan fingerprint density at radius 2 is 1.69 bits per heavy atom. The number of aryl methyl sites for hydroxylation is 1. The average Bonchev–Trinajstić information content (AvgIpc) is 3.54. The molecule has 1 aliphatic heterocycles. The number of rotatable bonds is 10. The number of carbonyl (C=O) groups is 3. The Hall–Kier alpha value is -3.08. The van der Waals surface area contributed by atoms with Gasteiger partial charge in [-0.05, 0) is 55.7 Å². The number of hydrogen-bond donors (Lipinski definition) is 0. The molecule has 0 unspecified atom stereocenters. The van der Waals surface area contributed by atoms with Crippen LogP contribution in [-0.2, 0) is 31.4 Å². The number of ether oxygens (including phenoxy) is 1. The quantitative estimate of drug-likeness (QED) is 0.144.